The highest BCUT2D eigenvalue weighted by Crippen LogP contribution is 2.31. The maximum atomic E-state index is 12.7. The smallest absolute Gasteiger partial charge is 0.295 e. The minimum atomic E-state index is -4.63. The molecular weight excluding hydrogens is 327 g/mol. The van der Waals surface area contributed by atoms with E-state index >= 15 is 0 Å². The maximum absolute atomic E-state index is 12.7. The molecule has 0 aromatic carbocycles. The van der Waals surface area contributed by atoms with Gasteiger partial charge in [-0.05, 0) is 0 Å². The summed E-state index contributed by atoms with van der Waals surface area (Å²) >= 11 is 7.05. The van der Waals surface area contributed by atoms with E-state index in [1.54, 1.807) is 13.2 Å². The second kappa shape index (κ2) is 6.23. The van der Waals surface area contributed by atoms with Crippen LogP contribution < -0.4 is 0 Å². The number of allylic oxidation sites excluding steroid dienone is 2. The van der Waals surface area contributed by atoms with Crippen LogP contribution in [-0.2, 0) is 17.6 Å². The van der Waals surface area contributed by atoms with E-state index in [4.69, 9.17) is 11.6 Å². The number of carbonyl (C=O) groups is 1. The molecule has 0 fully saturated rings. The topological polar surface area (TPSA) is 47.2 Å². The van der Waals surface area contributed by atoms with Crippen LogP contribution in [0.5, 0.6) is 0 Å². The van der Waals surface area contributed by atoms with Crippen molar-refractivity contribution in [3.63, 3.8) is 0 Å². The highest BCUT2D eigenvalue weighted by atomic mass is 35.5. The summed E-state index contributed by atoms with van der Waals surface area (Å²) in [6.07, 6.45) is -2.27. The molecule has 1 aliphatic heterocycles. The fourth-order valence-electron chi connectivity index (χ4n) is 1.68. The number of rotatable bonds is 2. The van der Waals surface area contributed by atoms with Gasteiger partial charge in [-0.2, -0.15) is 18.3 Å². The SMILES string of the molecule is Cn1cc(Cl)c(CSC2=NC(C(F)(F)F)=CC(=O)CC2)n1. The predicted octanol–water partition coefficient (Wildman–Crippen LogP) is 3.51. The molecule has 114 valence electrons. The van der Waals surface area contributed by atoms with Crippen LogP contribution in [0.15, 0.2) is 23.0 Å². The molecule has 0 amide bonds. The quantitative estimate of drug-likeness (QED) is 0.829. The molecule has 2 heterocycles. The first-order chi connectivity index (χ1) is 9.75. The van der Waals surface area contributed by atoms with Crippen molar-refractivity contribution in [2.24, 2.45) is 12.0 Å². The second-order valence-corrected chi connectivity index (χ2v) is 5.84. The first kappa shape index (κ1) is 16.1. The number of aliphatic imine (C=N–C) groups is 1. The van der Waals surface area contributed by atoms with E-state index in [2.05, 4.69) is 10.1 Å². The van der Waals surface area contributed by atoms with Gasteiger partial charge in [0.25, 0.3) is 0 Å². The van der Waals surface area contributed by atoms with E-state index < -0.39 is 17.7 Å². The van der Waals surface area contributed by atoms with Crippen LogP contribution in [-0.4, -0.2) is 26.8 Å². The summed E-state index contributed by atoms with van der Waals surface area (Å²) in [5.74, 6) is -0.268. The van der Waals surface area contributed by atoms with Crippen LogP contribution in [0.1, 0.15) is 18.5 Å². The highest BCUT2D eigenvalue weighted by Gasteiger charge is 2.35. The van der Waals surface area contributed by atoms with Gasteiger partial charge in [-0.1, -0.05) is 11.6 Å². The molecule has 2 rings (SSSR count). The fraction of sp³-hybridized carbons (Fsp3) is 0.417. The lowest BCUT2D eigenvalue weighted by Gasteiger charge is -2.07. The Bertz CT molecular complexity index is 622. The van der Waals surface area contributed by atoms with Crippen molar-refractivity contribution in [1.82, 2.24) is 9.78 Å². The number of nitrogens with zero attached hydrogens (tertiary/aromatic N) is 3. The number of alkyl halides is 3. The number of aryl methyl sites for hydroxylation is 1. The number of ketones is 1. The fourth-order valence-corrected chi connectivity index (χ4v) is 2.93. The minimum absolute atomic E-state index is 0.0152. The van der Waals surface area contributed by atoms with Gasteiger partial charge in [0.1, 0.15) is 5.70 Å². The normalized spacial score (nSPS) is 16.5. The highest BCUT2D eigenvalue weighted by molar-refractivity contribution is 8.13. The summed E-state index contributed by atoms with van der Waals surface area (Å²) in [4.78, 5) is 14.9. The predicted molar refractivity (Wildman–Crippen MR) is 75.3 cm³/mol. The molecule has 1 aromatic heterocycles. The maximum Gasteiger partial charge on any atom is 0.433 e. The van der Waals surface area contributed by atoms with Crippen molar-refractivity contribution in [3.05, 3.63) is 28.7 Å². The van der Waals surface area contributed by atoms with E-state index in [0.717, 1.165) is 11.8 Å². The summed E-state index contributed by atoms with van der Waals surface area (Å²) in [6, 6.07) is 0. The number of aromatic nitrogens is 2. The molecule has 4 nitrogen and oxygen atoms in total. The Kier molecular flexibility index (Phi) is 4.77. The van der Waals surface area contributed by atoms with Gasteiger partial charge in [-0.25, -0.2) is 4.99 Å². The average Bonchev–Trinajstić information content (AvgIpc) is 2.57. The Balaban J connectivity index is 2.12. The number of carbonyl (C=O) groups excluding carboxylic acids is 1. The second-order valence-electron chi connectivity index (χ2n) is 4.39. The van der Waals surface area contributed by atoms with E-state index in [1.807, 2.05) is 0 Å². The van der Waals surface area contributed by atoms with Gasteiger partial charge < -0.3 is 0 Å². The van der Waals surface area contributed by atoms with E-state index in [1.165, 1.54) is 4.68 Å². The molecule has 0 radical (unpaired) electrons. The number of thioether (sulfide) groups is 1. The van der Waals surface area contributed by atoms with Gasteiger partial charge in [-0.15, -0.1) is 11.8 Å². The lowest BCUT2D eigenvalue weighted by atomic mass is 10.2. The third kappa shape index (κ3) is 4.34. The molecule has 0 N–H and O–H groups in total. The molecule has 0 bridgehead atoms. The van der Waals surface area contributed by atoms with Crippen molar-refractivity contribution >= 4 is 34.2 Å². The van der Waals surface area contributed by atoms with Gasteiger partial charge in [0.15, 0.2) is 5.78 Å². The molecule has 0 unspecified atom stereocenters. The molecule has 0 saturated carbocycles. The van der Waals surface area contributed by atoms with Gasteiger partial charge in [-0.3, -0.25) is 9.48 Å². The van der Waals surface area contributed by atoms with Crippen molar-refractivity contribution in [2.45, 2.75) is 24.8 Å². The first-order valence-electron chi connectivity index (χ1n) is 5.96. The molecule has 0 spiro atoms. The zero-order chi connectivity index (χ0) is 15.6. The zero-order valence-corrected chi connectivity index (χ0v) is 12.5. The summed E-state index contributed by atoms with van der Waals surface area (Å²) < 4.78 is 39.7. The Hall–Kier alpha value is -1.28. The standard InChI is InChI=1S/C12H11ClF3N3OS/c1-19-5-8(13)9(18-19)6-21-11-3-2-7(20)4-10(17-11)12(14,15)16/h4-5H,2-3,6H2,1H3. The van der Waals surface area contributed by atoms with Gasteiger partial charge in [0.05, 0.1) is 15.8 Å². The molecule has 0 atom stereocenters. The summed E-state index contributed by atoms with van der Waals surface area (Å²) in [6.45, 7) is 0. The van der Waals surface area contributed by atoms with Crippen LogP contribution in [0.25, 0.3) is 0 Å². The van der Waals surface area contributed by atoms with Crippen molar-refractivity contribution in [3.8, 4) is 0 Å². The van der Waals surface area contributed by atoms with Crippen LogP contribution in [0.2, 0.25) is 5.02 Å². The minimum Gasteiger partial charge on any atom is -0.295 e. The van der Waals surface area contributed by atoms with Gasteiger partial charge in [0.2, 0.25) is 0 Å². The lowest BCUT2D eigenvalue weighted by Crippen LogP contribution is -2.11. The number of hydrogen-bond donors (Lipinski definition) is 0. The zero-order valence-electron chi connectivity index (χ0n) is 10.9. The molecule has 1 aromatic rings. The molecule has 9 heteroatoms. The Labute approximate surface area is 128 Å². The Morgan fingerprint density at radius 2 is 2.14 bits per heavy atom. The molecule has 1 aliphatic rings. The third-order valence-corrected chi connectivity index (χ3v) is 4.01. The summed E-state index contributed by atoms with van der Waals surface area (Å²) in [5, 5.41) is 4.81. The summed E-state index contributed by atoms with van der Waals surface area (Å²) in [7, 11) is 1.70. The lowest BCUT2D eigenvalue weighted by molar-refractivity contribution is -0.116. The molecule has 0 aliphatic carbocycles. The molecular formula is C12H11ClF3N3OS. The van der Waals surface area contributed by atoms with Crippen LogP contribution in [0.3, 0.4) is 0 Å². The largest absolute Gasteiger partial charge is 0.433 e. The average molecular weight is 338 g/mol. The Morgan fingerprint density at radius 1 is 1.43 bits per heavy atom. The monoisotopic (exact) mass is 337 g/mol. The van der Waals surface area contributed by atoms with Gasteiger partial charge in [0, 0.05) is 37.9 Å². The van der Waals surface area contributed by atoms with Crippen molar-refractivity contribution in [1.29, 1.82) is 0 Å². The Morgan fingerprint density at radius 3 is 2.71 bits per heavy atom. The molecule has 0 saturated heterocycles. The first-order valence-corrected chi connectivity index (χ1v) is 7.32. The number of halogens is 4. The van der Waals surface area contributed by atoms with Crippen LogP contribution in [0.4, 0.5) is 13.2 Å². The third-order valence-electron chi connectivity index (χ3n) is 2.65. The van der Waals surface area contributed by atoms with Crippen molar-refractivity contribution in [2.75, 3.05) is 0 Å². The molecule has 21 heavy (non-hydrogen) atoms. The summed E-state index contributed by atoms with van der Waals surface area (Å²) in [5.41, 5.74) is -0.584. The van der Waals surface area contributed by atoms with E-state index in [9.17, 15) is 18.0 Å². The van der Waals surface area contributed by atoms with Crippen molar-refractivity contribution < 1.29 is 18.0 Å². The van der Waals surface area contributed by atoms with E-state index in [0.29, 0.717) is 22.5 Å². The number of hydrogen-bond acceptors (Lipinski definition) is 4. The van der Waals surface area contributed by atoms with Crippen LogP contribution in [0, 0.1) is 0 Å². The van der Waals surface area contributed by atoms with Gasteiger partial charge >= 0.3 is 6.18 Å². The van der Waals surface area contributed by atoms with E-state index in [-0.39, 0.29) is 17.9 Å². The van der Waals surface area contributed by atoms with Crippen LogP contribution >= 0.6 is 23.4 Å².